The zero-order chi connectivity index (χ0) is 25.1. The first-order chi connectivity index (χ1) is 17.6. The van der Waals surface area contributed by atoms with Gasteiger partial charge >= 0.3 is 5.69 Å². The number of pyridine rings is 1. The lowest BCUT2D eigenvalue weighted by molar-refractivity contribution is -0.120. The van der Waals surface area contributed by atoms with E-state index in [-0.39, 0.29) is 23.4 Å². The molecule has 0 aliphatic heterocycles. The van der Waals surface area contributed by atoms with Gasteiger partial charge in [0.15, 0.2) is 11.6 Å². The van der Waals surface area contributed by atoms with E-state index in [4.69, 9.17) is 4.98 Å². The Morgan fingerprint density at radius 1 is 1.08 bits per heavy atom. The predicted molar refractivity (Wildman–Crippen MR) is 136 cm³/mol. The maximum Gasteiger partial charge on any atom is 0.329 e. The third kappa shape index (κ3) is 4.53. The van der Waals surface area contributed by atoms with E-state index in [1.54, 1.807) is 4.57 Å². The molecule has 1 aliphatic rings. The minimum Gasteiger partial charge on any atom is -0.297 e. The third-order valence-corrected chi connectivity index (χ3v) is 7.20. The molecule has 1 fully saturated rings. The summed E-state index contributed by atoms with van der Waals surface area (Å²) >= 11 is 0. The second kappa shape index (κ2) is 10.4. The molecule has 36 heavy (non-hydrogen) atoms. The number of hydrogen-bond acceptors (Lipinski definition) is 6. The minimum atomic E-state index is -0.341. The molecule has 1 N–H and O–H groups in total. The van der Waals surface area contributed by atoms with Crippen molar-refractivity contribution in [3.8, 4) is 22.6 Å². The lowest BCUT2D eigenvalue weighted by atomic mass is 10.0. The number of nitrogens with zero attached hydrogens (tertiary/aromatic N) is 6. The van der Waals surface area contributed by atoms with Gasteiger partial charge in [-0.25, -0.2) is 9.89 Å². The molecular formula is C27H31N7O2. The van der Waals surface area contributed by atoms with E-state index in [0.717, 1.165) is 60.2 Å². The van der Waals surface area contributed by atoms with Gasteiger partial charge < -0.3 is 0 Å². The van der Waals surface area contributed by atoms with E-state index in [9.17, 15) is 9.59 Å². The van der Waals surface area contributed by atoms with Crippen LogP contribution in [0.2, 0.25) is 0 Å². The molecular weight excluding hydrogens is 454 g/mol. The van der Waals surface area contributed by atoms with Crippen LogP contribution in [0.3, 0.4) is 0 Å². The third-order valence-electron chi connectivity index (χ3n) is 7.20. The van der Waals surface area contributed by atoms with Crippen LogP contribution in [0.4, 0.5) is 0 Å². The Balaban J connectivity index is 1.45. The highest BCUT2D eigenvalue weighted by molar-refractivity contribution is 5.85. The number of benzene rings is 1. The lowest BCUT2D eigenvalue weighted by Crippen LogP contribution is -2.32. The van der Waals surface area contributed by atoms with Crippen LogP contribution < -0.4 is 5.69 Å². The van der Waals surface area contributed by atoms with Crippen LogP contribution >= 0.6 is 0 Å². The van der Waals surface area contributed by atoms with Gasteiger partial charge in [-0.05, 0) is 47.2 Å². The van der Waals surface area contributed by atoms with Crippen LogP contribution in [0, 0.1) is 5.92 Å². The number of Topliss-reactive ketones (excluding diaryl/α,β-unsaturated/α-hetero) is 1. The number of rotatable bonds is 9. The monoisotopic (exact) mass is 485 g/mol. The molecule has 3 aromatic heterocycles. The molecule has 0 amide bonds. The standard InChI is InChI=1S/C27H31N7O2/c1-3-5-8-20-17-34(25-19(4-2)12-14-24(25)35)27(36)33(20)16-18-11-13-23(28-15-18)21-9-6-7-10-22(21)26-29-31-32-30-26/h6-7,9-11,13,15,17,19,25H,3-5,8,12,14,16H2,1-2H3,(H,29,30,31,32). The zero-order valence-corrected chi connectivity index (χ0v) is 20.7. The number of hydrogen-bond donors (Lipinski definition) is 1. The summed E-state index contributed by atoms with van der Waals surface area (Å²) in [5, 5.41) is 14.2. The van der Waals surface area contributed by atoms with E-state index in [1.165, 1.54) is 0 Å². The zero-order valence-electron chi connectivity index (χ0n) is 20.7. The Labute approximate surface area is 209 Å². The van der Waals surface area contributed by atoms with Crippen LogP contribution in [0.25, 0.3) is 22.6 Å². The SMILES string of the molecule is CCCCc1cn(C2C(=O)CCC2CC)c(=O)n1Cc1ccc(-c2ccccc2-c2nnn[nH]2)nc1. The second-order valence-corrected chi connectivity index (χ2v) is 9.47. The summed E-state index contributed by atoms with van der Waals surface area (Å²) in [7, 11) is 0. The highest BCUT2D eigenvalue weighted by atomic mass is 16.2. The Morgan fingerprint density at radius 2 is 1.92 bits per heavy atom. The van der Waals surface area contributed by atoms with Crippen molar-refractivity contribution in [3.63, 3.8) is 0 Å². The molecule has 1 aromatic carbocycles. The van der Waals surface area contributed by atoms with Crippen molar-refractivity contribution in [1.29, 1.82) is 0 Å². The Hall–Kier alpha value is -3.88. The first-order valence-electron chi connectivity index (χ1n) is 12.7. The van der Waals surface area contributed by atoms with Gasteiger partial charge in [-0.3, -0.25) is 18.9 Å². The molecule has 0 saturated heterocycles. The number of tetrazole rings is 1. The van der Waals surface area contributed by atoms with Crippen molar-refractivity contribution in [2.24, 2.45) is 5.92 Å². The maximum atomic E-state index is 13.5. The number of aromatic nitrogens is 7. The molecule has 5 rings (SSSR count). The lowest BCUT2D eigenvalue weighted by Gasteiger charge is -2.17. The molecule has 2 atom stereocenters. The van der Waals surface area contributed by atoms with E-state index >= 15 is 0 Å². The number of unbranched alkanes of at least 4 members (excludes halogenated alkanes) is 1. The van der Waals surface area contributed by atoms with Crippen molar-refractivity contribution < 1.29 is 4.79 Å². The number of aryl methyl sites for hydroxylation is 1. The quantitative estimate of drug-likeness (QED) is 0.380. The molecule has 2 unspecified atom stereocenters. The molecule has 1 saturated carbocycles. The van der Waals surface area contributed by atoms with Crippen molar-refractivity contribution in [3.05, 3.63) is 70.5 Å². The van der Waals surface area contributed by atoms with Gasteiger partial charge in [-0.15, -0.1) is 5.10 Å². The number of ketones is 1. The van der Waals surface area contributed by atoms with E-state index in [1.807, 2.05) is 53.4 Å². The molecule has 3 heterocycles. The molecule has 4 aromatic rings. The minimum absolute atomic E-state index is 0.105. The van der Waals surface area contributed by atoms with Crippen molar-refractivity contribution in [2.75, 3.05) is 0 Å². The summed E-state index contributed by atoms with van der Waals surface area (Å²) in [6.45, 7) is 4.66. The fraction of sp³-hybridized carbons (Fsp3) is 0.407. The molecule has 9 nitrogen and oxygen atoms in total. The summed E-state index contributed by atoms with van der Waals surface area (Å²) in [5.41, 5.74) is 4.38. The largest absolute Gasteiger partial charge is 0.329 e. The smallest absolute Gasteiger partial charge is 0.297 e. The molecule has 186 valence electrons. The summed E-state index contributed by atoms with van der Waals surface area (Å²) in [4.78, 5) is 30.9. The van der Waals surface area contributed by atoms with Gasteiger partial charge in [0.1, 0.15) is 0 Å². The van der Waals surface area contributed by atoms with Crippen LogP contribution in [0.1, 0.15) is 63.3 Å². The van der Waals surface area contributed by atoms with Gasteiger partial charge in [0.2, 0.25) is 0 Å². The molecule has 0 bridgehead atoms. The van der Waals surface area contributed by atoms with Crippen LogP contribution in [-0.4, -0.2) is 40.5 Å². The Kier molecular flexibility index (Phi) is 6.88. The topological polar surface area (TPSA) is 111 Å². The predicted octanol–water partition coefficient (Wildman–Crippen LogP) is 4.21. The Bertz CT molecular complexity index is 1390. The summed E-state index contributed by atoms with van der Waals surface area (Å²) in [5.74, 6) is 0.984. The van der Waals surface area contributed by atoms with Gasteiger partial charge in [0, 0.05) is 35.6 Å². The molecule has 0 radical (unpaired) electrons. The van der Waals surface area contributed by atoms with Crippen LogP contribution in [0.5, 0.6) is 0 Å². The number of nitrogens with one attached hydrogen (secondary N) is 1. The fourth-order valence-electron chi connectivity index (χ4n) is 5.23. The van der Waals surface area contributed by atoms with Gasteiger partial charge in [-0.1, -0.05) is 57.0 Å². The highest BCUT2D eigenvalue weighted by Gasteiger charge is 2.36. The molecule has 1 aliphatic carbocycles. The molecule has 9 heteroatoms. The molecule has 0 spiro atoms. The number of imidazole rings is 1. The highest BCUT2D eigenvalue weighted by Crippen LogP contribution is 2.34. The number of H-pyrrole nitrogens is 1. The fourth-order valence-corrected chi connectivity index (χ4v) is 5.23. The van der Waals surface area contributed by atoms with Gasteiger partial charge in [0.25, 0.3) is 0 Å². The number of carbonyl (C=O) groups excluding carboxylic acids is 1. The average Bonchev–Trinajstić information content (AvgIpc) is 3.64. The number of carbonyl (C=O) groups is 1. The van der Waals surface area contributed by atoms with Crippen molar-refractivity contribution in [2.45, 2.75) is 65.0 Å². The summed E-state index contributed by atoms with van der Waals surface area (Å²) in [6, 6.07) is 11.4. The first-order valence-corrected chi connectivity index (χ1v) is 12.7. The van der Waals surface area contributed by atoms with Gasteiger partial charge in [0.05, 0.1) is 18.3 Å². The average molecular weight is 486 g/mol. The van der Waals surface area contributed by atoms with E-state index < -0.39 is 0 Å². The van der Waals surface area contributed by atoms with Crippen LogP contribution in [-0.2, 0) is 17.8 Å². The summed E-state index contributed by atoms with van der Waals surface area (Å²) in [6.07, 6.45) is 8.89. The normalized spacial score (nSPS) is 17.7. The Morgan fingerprint density at radius 3 is 2.61 bits per heavy atom. The van der Waals surface area contributed by atoms with Crippen molar-refractivity contribution >= 4 is 5.78 Å². The first kappa shape index (κ1) is 23.8. The number of aromatic amines is 1. The van der Waals surface area contributed by atoms with Gasteiger partial charge in [-0.2, -0.15) is 0 Å². The van der Waals surface area contributed by atoms with Crippen LogP contribution in [0.15, 0.2) is 53.6 Å². The second-order valence-electron chi connectivity index (χ2n) is 9.47. The van der Waals surface area contributed by atoms with E-state index in [2.05, 4.69) is 34.5 Å². The summed E-state index contributed by atoms with van der Waals surface area (Å²) < 4.78 is 3.52. The maximum absolute atomic E-state index is 13.5. The van der Waals surface area contributed by atoms with E-state index in [0.29, 0.717) is 18.8 Å². The van der Waals surface area contributed by atoms with Crippen molar-refractivity contribution in [1.82, 2.24) is 34.7 Å².